The second-order valence-electron chi connectivity index (χ2n) is 26.6. The average molecular weight is 1240 g/mol. The molecule has 3 aromatic heterocycles. The van der Waals surface area contributed by atoms with E-state index in [0.717, 1.165) is 25.0 Å². The van der Waals surface area contributed by atoms with Crippen LogP contribution in [0.1, 0.15) is 130 Å². The van der Waals surface area contributed by atoms with Crippen molar-refractivity contribution >= 4 is 56.7 Å². The van der Waals surface area contributed by atoms with Crippen molar-refractivity contribution in [3.8, 4) is 11.5 Å². The fourth-order valence-corrected chi connectivity index (χ4v) is 16.7. The number of ketones is 2. The number of carbonyl (C=O) groups excluding carboxylic acids is 3. The van der Waals surface area contributed by atoms with E-state index in [1.807, 2.05) is 23.6 Å². The molecule has 0 bridgehead atoms. The molecule has 89 heavy (non-hydrogen) atoms. The smallest absolute Gasteiger partial charge is 0.492 e. The number of fused-ring (bicyclic) bond motifs is 7. The Balaban J connectivity index is 0.690. The third kappa shape index (κ3) is 9.25. The number of allylic oxidation sites excluding steroid dienone is 4. The predicted octanol–water partition coefficient (Wildman–Crippen LogP) is 7.02. The van der Waals surface area contributed by atoms with E-state index in [-0.39, 0.29) is 115 Å². The van der Waals surface area contributed by atoms with Crippen molar-refractivity contribution in [1.29, 1.82) is 0 Å². The monoisotopic (exact) mass is 1230 g/mol. The normalized spacial score (nSPS) is 30.5. The number of hydrogen-bond acceptors (Lipinski definition) is 18. The number of hydrogen-bond donors (Lipinski definition) is 3. The lowest BCUT2D eigenvalue weighted by atomic mass is 9.44. The molecule has 6 aliphatic carbocycles. The highest BCUT2D eigenvalue weighted by molar-refractivity contribution is 6.02. The maximum Gasteiger partial charge on any atom is 0.519 e. The second-order valence-corrected chi connectivity index (χ2v) is 26.6. The van der Waals surface area contributed by atoms with Crippen molar-refractivity contribution < 1.29 is 70.7 Å². The number of nitrogens with zero attached hydrogens (tertiary/aromatic N) is 6. The van der Waals surface area contributed by atoms with Crippen molar-refractivity contribution in [3.05, 3.63) is 114 Å². The summed E-state index contributed by atoms with van der Waals surface area (Å²) in [6, 6.07) is 1.41. The standard InChI is InChI=1S/C65H73F3N6O15/c1-32-20-44-43-13-8-35-21-38(75)14-15-62(35,4)64(43,68)49(76)24-63(44,5)65(32,84)50(77)31-87-60(82)42-28-74(37-11-12-37)52-40(56(42)79)23-46(67)54(58(52)86-7)72-19-17-70(34(3)26-72)30-48-47(88-61(83)89-48)29-69-16-18-71(25-33(69)2)53-45(66)22-39-51(57(53)85-6)73(36-9-10-36)27-41(55(39)78)59(80)81/h14-15,21-23,27-28,32-34,36-37,43-44,49,76,84H,8-13,16-20,24-26,29-31H2,1-7H3,(H,80,81)/t32-,33?,34?,43?,44?,49+,62+,63+,64+,65+/m1/s1. The molecule has 0 amide bonds. The fraction of sp³-hybridized carbons (Fsp3) is 0.554. The van der Waals surface area contributed by atoms with Gasteiger partial charge in [-0.3, -0.25) is 29.0 Å². The van der Waals surface area contributed by atoms with Gasteiger partial charge in [-0.25, -0.2) is 27.6 Å². The molecule has 0 spiro atoms. The summed E-state index contributed by atoms with van der Waals surface area (Å²) in [5, 5.41) is 34.0. The van der Waals surface area contributed by atoms with Gasteiger partial charge in [-0.05, 0) is 108 Å². The van der Waals surface area contributed by atoms with Crippen molar-refractivity contribution in [1.82, 2.24) is 18.9 Å². The number of pyridine rings is 2. The van der Waals surface area contributed by atoms with Crippen molar-refractivity contribution in [2.45, 2.75) is 141 Å². The van der Waals surface area contributed by atoms with E-state index in [1.165, 1.54) is 44.8 Å². The first-order valence-corrected chi connectivity index (χ1v) is 30.7. The minimum absolute atomic E-state index is 0.0644. The van der Waals surface area contributed by atoms with E-state index in [0.29, 0.717) is 68.1 Å². The number of aromatic carboxylic acids is 1. The Labute approximate surface area is 508 Å². The van der Waals surface area contributed by atoms with Gasteiger partial charge in [0.1, 0.15) is 28.1 Å². The highest BCUT2D eigenvalue weighted by atomic mass is 19.1. The van der Waals surface area contributed by atoms with Crippen LogP contribution in [-0.2, 0) is 27.4 Å². The van der Waals surface area contributed by atoms with Crippen LogP contribution >= 0.6 is 0 Å². The molecule has 3 N–H and O–H groups in total. The molecule has 5 aromatic rings. The van der Waals surface area contributed by atoms with Crippen LogP contribution in [0.25, 0.3) is 21.8 Å². The average Bonchev–Trinajstić information content (AvgIpc) is 1.64. The Kier molecular flexibility index (Phi) is 14.6. The number of benzene rings is 2. The third-order valence-corrected chi connectivity index (χ3v) is 21.7. The van der Waals surface area contributed by atoms with E-state index >= 15 is 13.2 Å². The zero-order valence-electron chi connectivity index (χ0n) is 50.7. The minimum atomic E-state index is -2.19. The van der Waals surface area contributed by atoms with Gasteiger partial charge >= 0.3 is 17.8 Å². The van der Waals surface area contributed by atoms with Crippen LogP contribution in [0.2, 0.25) is 0 Å². The van der Waals surface area contributed by atoms with Crippen molar-refractivity contribution in [2.75, 3.05) is 69.9 Å². The van der Waals surface area contributed by atoms with Gasteiger partial charge < -0.3 is 57.3 Å². The Morgan fingerprint density at radius 1 is 0.742 bits per heavy atom. The topological polar surface area (TPSA) is 257 Å². The van der Waals surface area contributed by atoms with Crippen LogP contribution in [0.15, 0.2) is 71.5 Å². The molecule has 0 radical (unpaired) electrons. The number of Topliss-reactive ketones (excluding diaryl/α,β-unsaturated/α-hetero) is 1. The van der Waals surface area contributed by atoms with E-state index in [2.05, 4.69) is 9.80 Å². The first-order valence-electron chi connectivity index (χ1n) is 30.7. The molecule has 2 saturated heterocycles. The number of ether oxygens (including phenoxy) is 3. The van der Waals surface area contributed by atoms with Crippen LogP contribution in [-0.4, -0.2) is 147 Å². The van der Waals surface area contributed by atoms with Crippen molar-refractivity contribution in [3.63, 3.8) is 0 Å². The Morgan fingerprint density at radius 2 is 1.26 bits per heavy atom. The lowest BCUT2D eigenvalue weighted by molar-refractivity contribution is -0.219. The number of aliphatic hydroxyl groups is 2. The van der Waals surface area contributed by atoms with Gasteiger partial charge in [-0.1, -0.05) is 25.5 Å². The molecular weight excluding hydrogens is 1160 g/mol. The molecule has 4 unspecified atom stereocenters. The lowest BCUT2D eigenvalue weighted by Crippen LogP contribution is -2.69. The van der Waals surface area contributed by atoms with Crippen LogP contribution in [0.5, 0.6) is 11.5 Å². The number of methoxy groups -OCH3 is 2. The van der Waals surface area contributed by atoms with Crippen LogP contribution in [0.3, 0.4) is 0 Å². The zero-order chi connectivity index (χ0) is 63.3. The Hall–Kier alpha value is -7.54. The SMILES string of the molecule is COc1c(N2CCN(Cc3oc(=O)oc3CN3CCN(c4c(F)cc5c(=O)c(C(=O)OCC(=O)[C@@]6(O)[C@H](C)CC7C8CCC9=CC(=O)C=C[C@]9(C)[C@@]8(F)[C@@H](O)C[C@@]76C)cn(C6CC6)c5c4OC)CC3C)C(C)C2)c(F)cc2c(=O)c(C(=O)O)cn(C3CC3)c12. The molecule has 5 saturated carbocycles. The van der Waals surface area contributed by atoms with Gasteiger partial charge in [0.05, 0.1) is 55.2 Å². The molecule has 21 nitrogen and oxygen atoms in total. The number of rotatable bonds is 15. The molecule has 24 heteroatoms. The van der Waals surface area contributed by atoms with Gasteiger partial charge in [0.25, 0.3) is 0 Å². The number of anilines is 2. The first kappa shape index (κ1) is 60.4. The van der Waals surface area contributed by atoms with Gasteiger partial charge in [0.15, 0.2) is 52.7 Å². The summed E-state index contributed by atoms with van der Waals surface area (Å²) in [5.41, 5.74) is -8.09. The van der Waals surface area contributed by atoms with E-state index in [9.17, 15) is 48.9 Å². The Bertz CT molecular complexity index is 4090. The molecule has 7 fully saturated rings. The molecule has 8 aliphatic rings. The summed E-state index contributed by atoms with van der Waals surface area (Å²) < 4.78 is 83.1. The number of carbonyl (C=O) groups is 4. The summed E-state index contributed by atoms with van der Waals surface area (Å²) in [7, 11) is 2.77. The molecule has 13 rings (SSSR count). The number of piperazine rings is 2. The second kappa shape index (κ2) is 21.6. The lowest BCUT2D eigenvalue weighted by Gasteiger charge is -2.62. The zero-order valence-corrected chi connectivity index (χ0v) is 50.7. The highest BCUT2D eigenvalue weighted by Crippen LogP contribution is 2.71. The number of aromatic nitrogens is 2. The number of esters is 1. The predicted molar refractivity (Wildman–Crippen MR) is 317 cm³/mol. The minimum Gasteiger partial charge on any atom is -0.492 e. The number of carboxylic acids is 1. The fourth-order valence-electron chi connectivity index (χ4n) is 16.7. The number of carboxylic acid groups (broad SMARTS) is 1. The van der Waals surface area contributed by atoms with Crippen LogP contribution < -0.4 is 36.0 Å². The summed E-state index contributed by atoms with van der Waals surface area (Å²) in [5.74, 6) is -7.32. The van der Waals surface area contributed by atoms with Gasteiger partial charge in [0, 0.05) is 92.6 Å². The van der Waals surface area contributed by atoms with Gasteiger partial charge in [-0.15, -0.1) is 0 Å². The Morgan fingerprint density at radius 3 is 1.75 bits per heavy atom. The number of aliphatic hydroxyl groups excluding tert-OH is 1. The summed E-state index contributed by atoms with van der Waals surface area (Å²) in [6.45, 7) is 10.3. The molecule has 474 valence electrons. The largest absolute Gasteiger partial charge is 0.519 e. The maximum absolute atomic E-state index is 17.8. The number of alkyl halides is 1. The van der Waals surface area contributed by atoms with E-state index in [1.54, 1.807) is 29.9 Å². The number of halogens is 3. The van der Waals surface area contributed by atoms with Crippen molar-refractivity contribution in [2.24, 2.45) is 28.6 Å². The summed E-state index contributed by atoms with van der Waals surface area (Å²) in [4.78, 5) is 101. The summed E-state index contributed by atoms with van der Waals surface area (Å²) in [6.07, 6.45) is 8.86. The molecule has 5 heterocycles. The van der Waals surface area contributed by atoms with Gasteiger partial charge in [0.2, 0.25) is 16.6 Å². The van der Waals surface area contributed by atoms with E-state index in [4.69, 9.17) is 23.0 Å². The van der Waals surface area contributed by atoms with Gasteiger partial charge in [-0.2, -0.15) is 0 Å². The first-order chi connectivity index (χ1) is 42.3. The molecule has 10 atom stereocenters. The van der Waals surface area contributed by atoms with Crippen LogP contribution in [0, 0.1) is 40.2 Å². The quantitative estimate of drug-likeness (QED) is 0.0890. The molecule has 2 aliphatic heterocycles. The molecule has 2 aromatic carbocycles. The highest BCUT2D eigenvalue weighted by Gasteiger charge is 2.75. The maximum atomic E-state index is 17.8. The molecular formula is C65H73F3N6O15. The summed E-state index contributed by atoms with van der Waals surface area (Å²) >= 11 is 0. The third-order valence-electron chi connectivity index (χ3n) is 21.7. The van der Waals surface area contributed by atoms with E-state index < -0.39 is 110 Å². The van der Waals surface area contributed by atoms with Crippen LogP contribution in [0.4, 0.5) is 24.5 Å².